The zero-order valence-corrected chi connectivity index (χ0v) is 12.1. The third-order valence-corrected chi connectivity index (χ3v) is 3.97. The first-order chi connectivity index (χ1) is 9.11. The summed E-state index contributed by atoms with van der Waals surface area (Å²) in [6, 6.07) is 2.62. The second-order valence-corrected chi connectivity index (χ2v) is 6.47. The highest BCUT2D eigenvalue weighted by Gasteiger charge is 2.23. The Kier molecular flexibility index (Phi) is 5.41. The quantitative estimate of drug-likeness (QED) is 0.811. The Balaban J connectivity index is 3.14. The van der Waals surface area contributed by atoms with Gasteiger partial charge in [-0.15, -0.1) is 0 Å². The minimum absolute atomic E-state index is 0.0458. The molecule has 0 fully saturated rings. The number of hydrogen-bond donors (Lipinski definition) is 0. The van der Waals surface area contributed by atoms with Gasteiger partial charge in [-0.25, -0.2) is 12.8 Å². The van der Waals surface area contributed by atoms with Crippen molar-refractivity contribution in [2.75, 3.05) is 6.26 Å². The van der Waals surface area contributed by atoms with Gasteiger partial charge < -0.3 is 4.74 Å². The Morgan fingerprint density at radius 1 is 1.30 bits per heavy atom. The fraction of sp³-hybridized carbons (Fsp3) is 0.500. The summed E-state index contributed by atoms with van der Waals surface area (Å²) in [5.41, 5.74) is 0.0458. The third-order valence-electron chi connectivity index (χ3n) is 2.57. The Labute approximate surface area is 116 Å². The smallest absolute Gasteiger partial charge is 0.387 e. The highest BCUT2D eigenvalue weighted by molar-refractivity contribution is 7.88. The van der Waals surface area contributed by atoms with Crippen LogP contribution < -0.4 is 4.74 Å². The van der Waals surface area contributed by atoms with Crippen LogP contribution in [0.5, 0.6) is 5.75 Å². The summed E-state index contributed by atoms with van der Waals surface area (Å²) in [5.74, 6) is -0.894. The lowest BCUT2D eigenvalue weighted by Gasteiger charge is -2.25. The number of benzene rings is 1. The van der Waals surface area contributed by atoms with Gasteiger partial charge in [0.25, 0.3) is 0 Å². The van der Waals surface area contributed by atoms with Gasteiger partial charge in [-0.2, -0.15) is 13.1 Å². The first-order valence-electron chi connectivity index (χ1n) is 5.81. The Morgan fingerprint density at radius 2 is 1.90 bits per heavy atom. The molecule has 0 aromatic heterocycles. The van der Waals surface area contributed by atoms with Gasteiger partial charge in [-0.3, -0.25) is 0 Å². The molecular weight excluding hydrogens is 295 g/mol. The molecule has 0 bridgehead atoms. The number of rotatable bonds is 6. The van der Waals surface area contributed by atoms with Crippen molar-refractivity contribution >= 4 is 10.0 Å². The molecule has 0 aliphatic carbocycles. The van der Waals surface area contributed by atoms with E-state index in [-0.39, 0.29) is 17.9 Å². The molecule has 0 aliphatic rings. The van der Waals surface area contributed by atoms with Gasteiger partial charge in [0, 0.05) is 18.2 Å². The van der Waals surface area contributed by atoms with Gasteiger partial charge >= 0.3 is 6.61 Å². The van der Waals surface area contributed by atoms with Crippen molar-refractivity contribution in [3.05, 3.63) is 29.6 Å². The first kappa shape index (κ1) is 16.8. The standard InChI is InChI=1S/C12H16F3NO3S/c1-8(2)16(20(3,17)18)7-9-6-10(13)4-5-11(9)19-12(14)15/h4-6,8,12H,7H2,1-3H3. The molecular formula is C12H16F3NO3S. The molecule has 0 spiro atoms. The minimum atomic E-state index is -3.55. The number of hydrogen-bond acceptors (Lipinski definition) is 3. The number of nitrogens with zero attached hydrogens (tertiary/aromatic N) is 1. The topological polar surface area (TPSA) is 46.6 Å². The minimum Gasteiger partial charge on any atom is -0.434 e. The average molecular weight is 311 g/mol. The predicted molar refractivity (Wildman–Crippen MR) is 68.6 cm³/mol. The van der Waals surface area contributed by atoms with E-state index in [4.69, 9.17) is 0 Å². The Bertz CT molecular complexity index is 561. The summed E-state index contributed by atoms with van der Waals surface area (Å²) in [7, 11) is -3.55. The molecule has 0 saturated carbocycles. The third kappa shape index (κ3) is 4.68. The van der Waals surface area contributed by atoms with E-state index in [1.165, 1.54) is 0 Å². The van der Waals surface area contributed by atoms with Crippen LogP contribution in [0.3, 0.4) is 0 Å². The lowest BCUT2D eigenvalue weighted by molar-refractivity contribution is -0.0506. The maximum Gasteiger partial charge on any atom is 0.387 e. The second kappa shape index (κ2) is 6.45. The van der Waals surface area contributed by atoms with E-state index < -0.39 is 28.5 Å². The second-order valence-electron chi connectivity index (χ2n) is 4.53. The molecule has 1 aromatic rings. The van der Waals surface area contributed by atoms with Gasteiger partial charge in [0.05, 0.1) is 6.26 Å². The summed E-state index contributed by atoms with van der Waals surface area (Å²) < 4.78 is 66.4. The Hall–Kier alpha value is -1.28. The van der Waals surface area contributed by atoms with Gasteiger partial charge in [0.15, 0.2) is 0 Å². The number of halogens is 3. The molecule has 0 atom stereocenters. The zero-order valence-electron chi connectivity index (χ0n) is 11.3. The van der Waals surface area contributed by atoms with Crippen LogP contribution in [0.1, 0.15) is 19.4 Å². The van der Waals surface area contributed by atoms with E-state index in [1.807, 2.05) is 0 Å². The molecule has 1 rings (SSSR count). The maximum absolute atomic E-state index is 13.2. The van der Waals surface area contributed by atoms with Crippen molar-refractivity contribution in [2.24, 2.45) is 0 Å². The molecule has 1 aromatic carbocycles. The normalized spacial score (nSPS) is 12.4. The van der Waals surface area contributed by atoms with E-state index >= 15 is 0 Å². The van der Waals surface area contributed by atoms with Crippen molar-refractivity contribution in [3.8, 4) is 5.75 Å². The van der Waals surface area contributed by atoms with Crippen molar-refractivity contribution < 1.29 is 26.3 Å². The van der Waals surface area contributed by atoms with Crippen molar-refractivity contribution in [2.45, 2.75) is 33.0 Å². The van der Waals surface area contributed by atoms with Crippen LogP contribution in [-0.2, 0) is 16.6 Å². The first-order valence-corrected chi connectivity index (χ1v) is 7.66. The van der Waals surface area contributed by atoms with Gasteiger partial charge in [0.2, 0.25) is 10.0 Å². The molecule has 0 amide bonds. The molecule has 0 N–H and O–H groups in total. The lowest BCUT2D eigenvalue weighted by atomic mass is 10.2. The van der Waals surface area contributed by atoms with E-state index in [9.17, 15) is 21.6 Å². The molecule has 0 unspecified atom stereocenters. The number of alkyl halides is 2. The molecule has 0 saturated heterocycles. The fourth-order valence-corrected chi connectivity index (χ4v) is 2.87. The van der Waals surface area contributed by atoms with Crippen molar-refractivity contribution in [1.82, 2.24) is 4.31 Å². The van der Waals surface area contributed by atoms with Gasteiger partial charge in [0.1, 0.15) is 11.6 Å². The zero-order chi connectivity index (χ0) is 15.5. The molecule has 8 heteroatoms. The summed E-state index contributed by atoms with van der Waals surface area (Å²) in [6.45, 7) is -0.0388. The fourth-order valence-electron chi connectivity index (χ4n) is 1.73. The van der Waals surface area contributed by atoms with Gasteiger partial charge in [-0.1, -0.05) is 0 Å². The molecule has 0 heterocycles. The summed E-state index contributed by atoms with van der Waals surface area (Å²) in [4.78, 5) is 0. The molecule has 114 valence electrons. The summed E-state index contributed by atoms with van der Waals surface area (Å²) in [5, 5.41) is 0. The predicted octanol–water partition coefficient (Wildman–Crippen LogP) is 2.60. The summed E-state index contributed by atoms with van der Waals surface area (Å²) in [6.07, 6.45) is 1.000. The molecule has 20 heavy (non-hydrogen) atoms. The van der Waals surface area contributed by atoms with Crippen LogP contribution >= 0.6 is 0 Å². The van der Waals surface area contributed by atoms with Crippen molar-refractivity contribution in [3.63, 3.8) is 0 Å². The van der Waals surface area contributed by atoms with E-state index in [2.05, 4.69) is 4.74 Å². The van der Waals surface area contributed by atoms with Crippen LogP contribution in [-0.4, -0.2) is 31.6 Å². The molecule has 4 nitrogen and oxygen atoms in total. The molecule has 0 aliphatic heterocycles. The van der Waals surface area contributed by atoms with Crippen molar-refractivity contribution in [1.29, 1.82) is 0 Å². The molecule has 0 radical (unpaired) electrons. The van der Waals surface area contributed by atoms with E-state index in [0.717, 1.165) is 28.8 Å². The van der Waals surface area contributed by atoms with Crippen LogP contribution in [0.2, 0.25) is 0 Å². The maximum atomic E-state index is 13.2. The lowest BCUT2D eigenvalue weighted by Crippen LogP contribution is -2.35. The van der Waals surface area contributed by atoms with Crippen LogP contribution in [0.25, 0.3) is 0 Å². The SMILES string of the molecule is CC(C)N(Cc1cc(F)ccc1OC(F)F)S(C)(=O)=O. The monoisotopic (exact) mass is 311 g/mol. The average Bonchev–Trinajstić information content (AvgIpc) is 2.26. The number of sulfonamides is 1. The van der Waals surface area contributed by atoms with Crippen LogP contribution in [0.4, 0.5) is 13.2 Å². The van der Waals surface area contributed by atoms with Gasteiger partial charge in [-0.05, 0) is 32.0 Å². The van der Waals surface area contributed by atoms with Crippen LogP contribution in [0, 0.1) is 5.82 Å². The van der Waals surface area contributed by atoms with E-state index in [1.54, 1.807) is 13.8 Å². The van der Waals surface area contributed by atoms with E-state index in [0.29, 0.717) is 0 Å². The Morgan fingerprint density at radius 3 is 2.35 bits per heavy atom. The number of ether oxygens (including phenoxy) is 1. The highest BCUT2D eigenvalue weighted by Crippen LogP contribution is 2.25. The van der Waals surface area contributed by atoms with Crippen LogP contribution in [0.15, 0.2) is 18.2 Å². The largest absolute Gasteiger partial charge is 0.434 e. The highest BCUT2D eigenvalue weighted by atomic mass is 32.2. The summed E-state index contributed by atoms with van der Waals surface area (Å²) >= 11 is 0.